The van der Waals surface area contributed by atoms with E-state index in [0.717, 1.165) is 12.5 Å². The molecular formula is C15H16F3N3. The van der Waals surface area contributed by atoms with Gasteiger partial charge >= 0.3 is 0 Å². The van der Waals surface area contributed by atoms with Gasteiger partial charge in [0.2, 0.25) is 0 Å². The first kappa shape index (κ1) is 15.3. The van der Waals surface area contributed by atoms with Gasteiger partial charge in [0.05, 0.1) is 5.69 Å². The van der Waals surface area contributed by atoms with E-state index >= 15 is 0 Å². The molecule has 0 unspecified atom stereocenters. The van der Waals surface area contributed by atoms with Crippen LogP contribution in [0.2, 0.25) is 0 Å². The molecule has 0 aliphatic carbocycles. The summed E-state index contributed by atoms with van der Waals surface area (Å²) in [6.45, 7) is 6.09. The summed E-state index contributed by atoms with van der Waals surface area (Å²) in [4.78, 5) is 8.42. The minimum Gasteiger partial charge on any atom is -0.370 e. The summed E-state index contributed by atoms with van der Waals surface area (Å²) in [5.41, 5.74) is 0.785. The van der Waals surface area contributed by atoms with Crippen molar-refractivity contribution in [2.45, 2.75) is 27.2 Å². The molecule has 6 heteroatoms. The average Bonchev–Trinajstić information content (AvgIpc) is 2.46. The quantitative estimate of drug-likeness (QED) is 0.866. The molecule has 2 rings (SSSR count). The molecule has 112 valence electrons. The molecule has 0 spiro atoms. The van der Waals surface area contributed by atoms with E-state index < -0.39 is 17.5 Å². The van der Waals surface area contributed by atoms with E-state index in [1.165, 1.54) is 6.07 Å². The second kappa shape index (κ2) is 6.11. The first-order valence-electron chi connectivity index (χ1n) is 6.68. The molecule has 1 N–H and O–H groups in total. The van der Waals surface area contributed by atoms with Crippen molar-refractivity contribution < 1.29 is 13.2 Å². The van der Waals surface area contributed by atoms with Crippen LogP contribution in [0.1, 0.15) is 24.7 Å². The Kier molecular flexibility index (Phi) is 4.45. The highest BCUT2D eigenvalue weighted by Crippen LogP contribution is 2.29. The lowest BCUT2D eigenvalue weighted by Gasteiger charge is -2.13. The fourth-order valence-corrected chi connectivity index (χ4v) is 2.01. The number of rotatable bonds is 4. The van der Waals surface area contributed by atoms with Gasteiger partial charge in [0.1, 0.15) is 11.6 Å². The third-order valence-electron chi connectivity index (χ3n) is 3.09. The molecule has 3 nitrogen and oxygen atoms in total. The maximum Gasteiger partial charge on any atom is 0.195 e. The van der Waals surface area contributed by atoms with Crippen LogP contribution in [0.15, 0.2) is 12.1 Å². The predicted molar refractivity (Wildman–Crippen MR) is 75.6 cm³/mol. The van der Waals surface area contributed by atoms with E-state index in [1.807, 2.05) is 6.92 Å². The number of halogens is 3. The number of nitrogens with one attached hydrogen (secondary N) is 1. The van der Waals surface area contributed by atoms with Gasteiger partial charge in [-0.15, -0.1) is 0 Å². The van der Waals surface area contributed by atoms with Gasteiger partial charge in [-0.3, -0.25) is 0 Å². The summed E-state index contributed by atoms with van der Waals surface area (Å²) in [6, 6.07) is 2.08. The Hall–Kier alpha value is -2.11. The zero-order chi connectivity index (χ0) is 15.6. The SMILES string of the molecule is CCCNc1nc(C)nc(-c2ccc(F)c(F)c2F)c1C. The first-order valence-corrected chi connectivity index (χ1v) is 6.68. The minimum atomic E-state index is -1.49. The van der Waals surface area contributed by atoms with E-state index in [1.54, 1.807) is 13.8 Å². The molecule has 0 bridgehead atoms. The van der Waals surface area contributed by atoms with Crippen molar-refractivity contribution in [1.82, 2.24) is 9.97 Å². The van der Waals surface area contributed by atoms with Gasteiger partial charge < -0.3 is 5.32 Å². The molecule has 0 saturated carbocycles. The highest BCUT2D eigenvalue weighted by atomic mass is 19.2. The van der Waals surface area contributed by atoms with Crippen molar-refractivity contribution in [1.29, 1.82) is 0 Å². The largest absolute Gasteiger partial charge is 0.370 e. The van der Waals surface area contributed by atoms with Gasteiger partial charge in [0.25, 0.3) is 0 Å². The first-order chi connectivity index (χ1) is 9.95. The van der Waals surface area contributed by atoms with Crippen LogP contribution in [0.5, 0.6) is 0 Å². The van der Waals surface area contributed by atoms with Crippen LogP contribution in [-0.2, 0) is 0 Å². The maximum absolute atomic E-state index is 13.9. The normalized spacial score (nSPS) is 10.8. The van der Waals surface area contributed by atoms with E-state index in [2.05, 4.69) is 15.3 Å². The number of nitrogens with zero attached hydrogens (tertiary/aromatic N) is 2. The molecule has 1 aromatic carbocycles. The zero-order valence-corrected chi connectivity index (χ0v) is 12.1. The maximum atomic E-state index is 13.9. The zero-order valence-electron chi connectivity index (χ0n) is 12.1. The number of hydrogen-bond acceptors (Lipinski definition) is 3. The fourth-order valence-electron chi connectivity index (χ4n) is 2.01. The molecule has 0 radical (unpaired) electrons. The molecule has 0 aliphatic rings. The van der Waals surface area contributed by atoms with Crippen LogP contribution in [0, 0.1) is 31.3 Å². The topological polar surface area (TPSA) is 37.8 Å². The summed E-state index contributed by atoms with van der Waals surface area (Å²) in [5, 5.41) is 3.12. The Morgan fingerprint density at radius 2 is 1.76 bits per heavy atom. The summed E-state index contributed by atoms with van der Waals surface area (Å²) in [7, 11) is 0. The smallest absolute Gasteiger partial charge is 0.195 e. The lowest BCUT2D eigenvalue weighted by atomic mass is 10.1. The van der Waals surface area contributed by atoms with Gasteiger partial charge in [-0.2, -0.15) is 0 Å². The van der Waals surface area contributed by atoms with Crippen molar-refractivity contribution >= 4 is 5.82 Å². The molecule has 0 atom stereocenters. The minimum absolute atomic E-state index is 0.0727. The van der Waals surface area contributed by atoms with Crippen LogP contribution in [0.4, 0.5) is 19.0 Å². The van der Waals surface area contributed by atoms with Crippen LogP contribution in [0.3, 0.4) is 0 Å². The predicted octanol–water partition coefficient (Wildman–Crippen LogP) is 4.00. The van der Waals surface area contributed by atoms with Crippen molar-refractivity contribution in [3.8, 4) is 11.3 Å². The molecule has 1 aromatic heterocycles. The summed E-state index contributed by atoms with van der Waals surface area (Å²) < 4.78 is 40.4. The lowest BCUT2D eigenvalue weighted by molar-refractivity contribution is 0.448. The fraction of sp³-hybridized carbons (Fsp3) is 0.333. The summed E-state index contributed by atoms with van der Waals surface area (Å²) >= 11 is 0. The van der Waals surface area contributed by atoms with Gasteiger partial charge in [-0.25, -0.2) is 23.1 Å². The number of aromatic nitrogens is 2. The Morgan fingerprint density at radius 1 is 1.05 bits per heavy atom. The van der Waals surface area contributed by atoms with Gasteiger partial charge in [-0.1, -0.05) is 6.92 Å². The van der Waals surface area contributed by atoms with Gasteiger partial charge in [0, 0.05) is 17.7 Å². The van der Waals surface area contributed by atoms with E-state index in [-0.39, 0.29) is 11.3 Å². The van der Waals surface area contributed by atoms with Crippen LogP contribution < -0.4 is 5.32 Å². The monoisotopic (exact) mass is 295 g/mol. The highest BCUT2D eigenvalue weighted by Gasteiger charge is 2.19. The molecule has 0 fully saturated rings. The van der Waals surface area contributed by atoms with Crippen molar-refractivity contribution in [3.05, 3.63) is 41.0 Å². The highest BCUT2D eigenvalue weighted by molar-refractivity contribution is 5.68. The molecule has 0 amide bonds. The summed E-state index contributed by atoms with van der Waals surface area (Å²) in [6.07, 6.45) is 0.900. The number of hydrogen-bond donors (Lipinski definition) is 1. The van der Waals surface area contributed by atoms with Crippen molar-refractivity contribution in [2.24, 2.45) is 0 Å². The molecule has 0 saturated heterocycles. The van der Waals surface area contributed by atoms with E-state index in [0.29, 0.717) is 23.8 Å². The summed E-state index contributed by atoms with van der Waals surface area (Å²) in [5.74, 6) is -2.95. The second-order valence-corrected chi connectivity index (χ2v) is 4.74. The van der Waals surface area contributed by atoms with Crippen molar-refractivity contribution in [3.63, 3.8) is 0 Å². The van der Waals surface area contributed by atoms with Crippen LogP contribution >= 0.6 is 0 Å². The molecule has 2 aromatic rings. The van der Waals surface area contributed by atoms with Gasteiger partial charge in [0.15, 0.2) is 17.5 Å². The Morgan fingerprint density at radius 3 is 2.43 bits per heavy atom. The number of anilines is 1. The molecular weight excluding hydrogens is 279 g/mol. The second-order valence-electron chi connectivity index (χ2n) is 4.74. The standard InChI is InChI=1S/C15H16F3N3/c1-4-7-19-15-8(2)14(20-9(3)21-15)10-5-6-11(16)13(18)12(10)17/h5-6H,4,7H2,1-3H3,(H,19,20,21). The van der Waals surface area contributed by atoms with Crippen molar-refractivity contribution in [2.75, 3.05) is 11.9 Å². The average molecular weight is 295 g/mol. The van der Waals surface area contributed by atoms with Crippen LogP contribution in [-0.4, -0.2) is 16.5 Å². The third-order valence-corrected chi connectivity index (χ3v) is 3.09. The molecule has 0 aliphatic heterocycles. The van der Waals surface area contributed by atoms with E-state index in [4.69, 9.17) is 0 Å². The van der Waals surface area contributed by atoms with Crippen LogP contribution in [0.25, 0.3) is 11.3 Å². The Balaban J connectivity index is 2.59. The Labute approximate surface area is 121 Å². The molecule has 21 heavy (non-hydrogen) atoms. The third kappa shape index (κ3) is 2.99. The Bertz CT molecular complexity index is 672. The number of aryl methyl sites for hydroxylation is 1. The van der Waals surface area contributed by atoms with E-state index in [9.17, 15) is 13.2 Å². The number of benzene rings is 1. The lowest BCUT2D eigenvalue weighted by Crippen LogP contribution is -2.08. The molecule has 1 heterocycles. The van der Waals surface area contributed by atoms with Gasteiger partial charge in [-0.05, 0) is 32.4 Å².